The van der Waals surface area contributed by atoms with Crippen LogP contribution < -0.4 is 15.8 Å². The molecule has 0 fully saturated rings. The molecule has 0 aromatic heterocycles. The monoisotopic (exact) mass is 270 g/mol. The summed E-state index contributed by atoms with van der Waals surface area (Å²) in [6, 6.07) is 13.2. The van der Waals surface area contributed by atoms with Crippen molar-refractivity contribution in [1.82, 2.24) is 0 Å². The predicted molar refractivity (Wildman–Crippen MR) is 80.0 cm³/mol. The maximum Gasteiger partial charge on any atom is 0.248 e. The van der Waals surface area contributed by atoms with Gasteiger partial charge in [0.2, 0.25) is 5.91 Å². The highest BCUT2D eigenvalue weighted by Gasteiger charge is 2.04. The van der Waals surface area contributed by atoms with Crippen molar-refractivity contribution in [3.05, 3.63) is 59.2 Å². The minimum atomic E-state index is -0.402. The van der Waals surface area contributed by atoms with E-state index in [1.807, 2.05) is 43.3 Å². The Labute approximate surface area is 118 Å². The second kappa shape index (κ2) is 6.10. The van der Waals surface area contributed by atoms with E-state index in [-0.39, 0.29) is 0 Å². The number of carbonyl (C=O) groups is 1. The molecule has 0 spiro atoms. The van der Waals surface area contributed by atoms with Gasteiger partial charge in [-0.1, -0.05) is 12.1 Å². The predicted octanol–water partition coefficient (Wildman–Crippen LogP) is 2.71. The van der Waals surface area contributed by atoms with Gasteiger partial charge in [-0.05, 0) is 42.3 Å². The Kier molecular flexibility index (Phi) is 4.25. The molecule has 0 radical (unpaired) electrons. The second-order valence-corrected chi connectivity index (χ2v) is 4.59. The first-order valence-corrected chi connectivity index (χ1v) is 6.37. The molecule has 0 aliphatic rings. The fourth-order valence-corrected chi connectivity index (χ4v) is 1.98. The molecular formula is C16H18N2O2. The third-order valence-electron chi connectivity index (χ3n) is 3.18. The van der Waals surface area contributed by atoms with Crippen LogP contribution in [0.1, 0.15) is 21.5 Å². The number of aryl methyl sites for hydroxylation is 1. The number of benzene rings is 2. The van der Waals surface area contributed by atoms with Crippen LogP contribution in [0.4, 0.5) is 5.69 Å². The molecule has 0 saturated carbocycles. The lowest BCUT2D eigenvalue weighted by Crippen LogP contribution is -2.11. The van der Waals surface area contributed by atoms with Crippen LogP contribution in [0.5, 0.6) is 5.75 Å². The highest BCUT2D eigenvalue weighted by molar-refractivity contribution is 5.93. The van der Waals surface area contributed by atoms with Gasteiger partial charge in [-0.25, -0.2) is 0 Å². The van der Waals surface area contributed by atoms with Gasteiger partial charge in [-0.3, -0.25) is 4.79 Å². The number of nitrogens with two attached hydrogens (primary N) is 1. The van der Waals surface area contributed by atoms with Gasteiger partial charge in [0.1, 0.15) is 5.75 Å². The van der Waals surface area contributed by atoms with Crippen molar-refractivity contribution in [3.63, 3.8) is 0 Å². The van der Waals surface area contributed by atoms with Gasteiger partial charge in [0.25, 0.3) is 0 Å². The summed E-state index contributed by atoms with van der Waals surface area (Å²) in [6.07, 6.45) is 0. The summed E-state index contributed by atoms with van der Waals surface area (Å²) in [4.78, 5) is 11.1. The van der Waals surface area contributed by atoms with Gasteiger partial charge in [-0.2, -0.15) is 0 Å². The third-order valence-corrected chi connectivity index (χ3v) is 3.18. The first kappa shape index (κ1) is 13.9. The Morgan fingerprint density at radius 2 is 2.05 bits per heavy atom. The molecule has 3 N–H and O–H groups in total. The minimum absolute atomic E-state index is 0.402. The number of nitrogens with one attached hydrogen (secondary N) is 1. The van der Waals surface area contributed by atoms with Crippen LogP contribution in [0.3, 0.4) is 0 Å². The van der Waals surface area contributed by atoms with Crippen LogP contribution in [-0.4, -0.2) is 13.0 Å². The van der Waals surface area contributed by atoms with Crippen molar-refractivity contribution in [1.29, 1.82) is 0 Å². The highest BCUT2D eigenvalue weighted by Crippen LogP contribution is 2.18. The Hall–Kier alpha value is -2.49. The zero-order chi connectivity index (χ0) is 14.5. The smallest absolute Gasteiger partial charge is 0.248 e. The Morgan fingerprint density at radius 3 is 2.70 bits per heavy atom. The Morgan fingerprint density at radius 1 is 1.25 bits per heavy atom. The van der Waals surface area contributed by atoms with Crippen LogP contribution in [0, 0.1) is 6.92 Å². The molecule has 0 bridgehead atoms. The zero-order valence-electron chi connectivity index (χ0n) is 11.6. The van der Waals surface area contributed by atoms with Gasteiger partial charge in [0.15, 0.2) is 0 Å². The van der Waals surface area contributed by atoms with Crippen molar-refractivity contribution >= 4 is 11.6 Å². The lowest BCUT2D eigenvalue weighted by Gasteiger charge is -2.11. The molecule has 0 unspecified atom stereocenters. The average molecular weight is 270 g/mol. The van der Waals surface area contributed by atoms with Gasteiger partial charge in [0, 0.05) is 23.9 Å². The van der Waals surface area contributed by atoms with E-state index in [1.54, 1.807) is 13.2 Å². The molecule has 104 valence electrons. The molecule has 4 nitrogen and oxygen atoms in total. The molecular weight excluding hydrogens is 252 g/mol. The molecule has 0 aliphatic carbocycles. The number of amides is 1. The SMILES string of the molecule is COc1cccc(NCc2ccc(C(N)=O)cc2C)c1. The minimum Gasteiger partial charge on any atom is -0.497 e. The second-order valence-electron chi connectivity index (χ2n) is 4.59. The van der Waals surface area contributed by atoms with Crippen molar-refractivity contribution in [2.24, 2.45) is 5.73 Å². The molecule has 4 heteroatoms. The molecule has 0 heterocycles. The largest absolute Gasteiger partial charge is 0.497 e. The summed E-state index contributed by atoms with van der Waals surface area (Å²) in [5.41, 5.74) is 8.95. The van der Waals surface area contributed by atoms with Gasteiger partial charge in [0.05, 0.1) is 7.11 Å². The summed E-state index contributed by atoms with van der Waals surface area (Å²) in [6.45, 7) is 2.65. The summed E-state index contributed by atoms with van der Waals surface area (Å²) < 4.78 is 5.18. The molecule has 0 atom stereocenters. The number of ether oxygens (including phenoxy) is 1. The lowest BCUT2D eigenvalue weighted by molar-refractivity contribution is 0.1000. The van der Waals surface area contributed by atoms with Crippen molar-refractivity contribution in [2.45, 2.75) is 13.5 Å². The van der Waals surface area contributed by atoms with Crippen molar-refractivity contribution in [2.75, 3.05) is 12.4 Å². The first-order chi connectivity index (χ1) is 9.60. The van der Waals surface area contributed by atoms with Gasteiger partial charge < -0.3 is 15.8 Å². The van der Waals surface area contributed by atoms with E-state index in [4.69, 9.17) is 10.5 Å². The molecule has 1 amide bonds. The van der Waals surface area contributed by atoms with E-state index in [0.717, 1.165) is 22.6 Å². The number of methoxy groups -OCH3 is 1. The zero-order valence-corrected chi connectivity index (χ0v) is 11.6. The standard InChI is InChI=1S/C16H18N2O2/c1-11-8-12(16(17)19)6-7-13(11)10-18-14-4-3-5-15(9-14)20-2/h3-9,18H,10H2,1-2H3,(H2,17,19). The van der Waals surface area contributed by atoms with E-state index in [1.165, 1.54) is 0 Å². The molecule has 2 rings (SSSR count). The fourth-order valence-electron chi connectivity index (χ4n) is 1.98. The maximum absolute atomic E-state index is 11.1. The molecule has 2 aromatic carbocycles. The summed E-state index contributed by atoms with van der Waals surface area (Å²) in [7, 11) is 1.64. The van der Waals surface area contributed by atoms with E-state index in [9.17, 15) is 4.79 Å². The summed E-state index contributed by atoms with van der Waals surface area (Å²) in [5.74, 6) is 0.413. The molecule has 2 aromatic rings. The quantitative estimate of drug-likeness (QED) is 0.878. The Balaban J connectivity index is 2.08. The topological polar surface area (TPSA) is 64.3 Å². The highest BCUT2D eigenvalue weighted by atomic mass is 16.5. The number of hydrogen-bond acceptors (Lipinski definition) is 3. The van der Waals surface area contributed by atoms with Gasteiger partial charge in [-0.15, -0.1) is 0 Å². The number of hydrogen-bond donors (Lipinski definition) is 2. The average Bonchev–Trinajstić information content (AvgIpc) is 2.46. The number of primary amides is 1. The van der Waals surface area contributed by atoms with Crippen LogP contribution in [0.15, 0.2) is 42.5 Å². The first-order valence-electron chi connectivity index (χ1n) is 6.37. The lowest BCUT2D eigenvalue weighted by atomic mass is 10.0. The Bertz CT molecular complexity index is 624. The van der Waals surface area contributed by atoms with E-state index >= 15 is 0 Å². The third kappa shape index (κ3) is 3.29. The summed E-state index contributed by atoms with van der Waals surface area (Å²) in [5, 5.41) is 3.33. The summed E-state index contributed by atoms with van der Waals surface area (Å²) >= 11 is 0. The molecule has 0 aliphatic heterocycles. The van der Waals surface area contributed by atoms with E-state index in [2.05, 4.69) is 5.32 Å². The molecule has 20 heavy (non-hydrogen) atoms. The van der Waals surface area contributed by atoms with Crippen molar-refractivity contribution < 1.29 is 9.53 Å². The van der Waals surface area contributed by atoms with Crippen molar-refractivity contribution in [3.8, 4) is 5.75 Å². The van der Waals surface area contributed by atoms with Crippen LogP contribution in [0.25, 0.3) is 0 Å². The normalized spacial score (nSPS) is 10.1. The van der Waals surface area contributed by atoms with Gasteiger partial charge >= 0.3 is 0 Å². The van der Waals surface area contributed by atoms with Crippen LogP contribution >= 0.6 is 0 Å². The number of anilines is 1. The van der Waals surface area contributed by atoms with E-state index in [0.29, 0.717) is 12.1 Å². The number of rotatable bonds is 5. The van der Waals surface area contributed by atoms with Crippen LogP contribution in [0.2, 0.25) is 0 Å². The molecule has 0 saturated heterocycles. The van der Waals surface area contributed by atoms with E-state index < -0.39 is 5.91 Å². The maximum atomic E-state index is 11.1. The fraction of sp³-hybridized carbons (Fsp3) is 0.188. The van der Waals surface area contributed by atoms with Crippen LogP contribution in [-0.2, 0) is 6.54 Å². The number of carbonyl (C=O) groups excluding carboxylic acids is 1.